The lowest BCUT2D eigenvalue weighted by Gasteiger charge is -2.14. The maximum atomic E-state index is 12.1. The highest BCUT2D eigenvalue weighted by Crippen LogP contribution is 2.38. The highest BCUT2D eigenvalue weighted by Gasteiger charge is 2.15. The van der Waals surface area contributed by atoms with Crippen LogP contribution in [0.1, 0.15) is 17.5 Å². The second kappa shape index (κ2) is 8.88. The summed E-state index contributed by atoms with van der Waals surface area (Å²) in [6, 6.07) is 7.62. The number of ether oxygens (including phenoxy) is 4. The lowest BCUT2D eigenvalue weighted by molar-refractivity contribution is -0.384. The van der Waals surface area contributed by atoms with Crippen LogP contribution in [0.25, 0.3) is 0 Å². The predicted molar refractivity (Wildman–Crippen MR) is 97.9 cm³/mol. The minimum Gasteiger partial charge on any atom is -0.493 e. The third-order valence-corrected chi connectivity index (χ3v) is 3.94. The van der Waals surface area contributed by atoms with Crippen LogP contribution < -0.4 is 18.9 Å². The van der Waals surface area contributed by atoms with Crippen LogP contribution >= 0.6 is 0 Å². The molecule has 0 saturated carbocycles. The molecule has 8 heteroatoms. The highest BCUT2D eigenvalue weighted by molar-refractivity contribution is 5.73. The zero-order chi connectivity index (χ0) is 20.0. The quantitative estimate of drug-likeness (QED) is 0.302. The number of nitrogens with zero attached hydrogens (tertiary/aromatic N) is 1. The SMILES string of the molecule is COc1cc(CCC(=O)Oc2ccc([N+](=O)[O-])cc2C)cc(OC)c1OC. The summed E-state index contributed by atoms with van der Waals surface area (Å²) in [7, 11) is 4.56. The first-order valence-electron chi connectivity index (χ1n) is 8.14. The van der Waals surface area contributed by atoms with Gasteiger partial charge in [0.25, 0.3) is 5.69 Å². The summed E-state index contributed by atoms with van der Waals surface area (Å²) in [5.74, 6) is 1.35. The molecule has 144 valence electrons. The Morgan fingerprint density at radius 1 is 1.00 bits per heavy atom. The van der Waals surface area contributed by atoms with Crippen LogP contribution in [0, 0.1) is 17.0 Å². The van der Waals surface area contributed by atoms with E-state index in [4.69, 9.17) is 18.9 Å². The number of nitro benzene ring substituents is 1. The van der Waals surface area contributed by atoms with Crippen molar-refractivity contribution in [1.29, 1.82) is 0 Å². The number of carbonyl (C=O) groups excluding carboxylic acids is 1. The van der Waals surface area contributed by atoms with E-state index >= 15 is 0 Å². The summed E-state index contributed by atoms with van der Waals surface area (Å²) in [5, 5.41) is 10.8. The average Bonchev–Trinajstić information content (AvgIpc) is 2.66. The summed E-state index contributed by atoms with van der Waals surface area (Å²) in [4.78, 5) is 22.4. The van der Waals surface area contributed by atoms with Crippen molar-refractivity contribution in [1.82, 2.24) is 0 Å². The van der Waals surface area contributed by atoms with E-state index < -0.39 is 10.9 Å². The van der Waals surface area contributed by atoms with Crippen LogP contribution in [0.15, 0.2) is 30.3 Å². The maximum Gasteiger partial charge on any atom is 0.311 e. The standard InChI is InChI=1S/C19H21NO7/c1-12-9-14(20(22)23)6-7-15(12)27-18(21)8-5-13-10-16(24-2)19(26-4)17(11-13)25-3/h6-7,9-11H,5,8H2,1-4H3. The predicted octanol–water partition coefficient (Wildman–Crippen LogP) is 3.47. The molecule has 0 aliphatic heterocycles. The van der Waals surface area contributed by atoms with Crippen LogP contribution in [0.2, 0.25) is 0 Å². The monoisotopic (exact) mass is 375 g/mol. The first-order chi connectivity index (χ1) is 12.9. The molecule has 0 saturated heterocycles. The number of hydrogen-bond donors (Lipinski definition) is 0. The van der Waals surface area contributed by atoms with Crippen molar-refractivity contribution in [3.8, 4) is 23.0 Å². The summed E-state index contributed by atoms with van der Waals surface area (Å²) < 4.78 is 21.2. The Morgan fingerprint density at radius 3 is 2.11 bits per heavy atom. The van der Waals surface area contributed by atoms with Crippen molar-refractivity contribution in [2.45, 2.75) is 19.8 Å². The molecule has 0 N–H and O–H groups in total. The number of carbonyl (C=O) groups is 1. The van der Waals surface area contributed by atoms with E-state index in [9.17, 15) is 14.9 Å². The first-order valence-corrected chi connectivity index (χ1v) is 8.14. The fourth-order valence-electron chi connectivity index (χ4n) is 2.56. The molecule has 0 aromatic heterocycles. The summed E-state index contributed by atoms with van der Waals surface area (Å²) >= 11 is 0. The highest BCUT2D eigenvalue weighted by atomic mass is 16.6. The van der Waals surface area contributed by atoms with Gasteiger partial charge in [0, 0.05) is 18.6 Å². The topological polar surface area (TPSA) is 97.1 Å². The molecule has 2 aromatic carbocycles. The number of benzene rings is 2. The number of esters is 1. The van der Waals surface area contributed by atoms with Gasteiger partial charge in [0.2, 0.25) is 5.75 Å². The normalized spacial score (nSPS) is 10.2. The number of non-ortho nitro benzene ring substituents is 1. The summed E-state index contributed by atoms with van der Waals surface area (Å²) in [6.45, 7) is 1.65. The lowest BCUT2D eigenvalue weighted by atomic mass is 10.1. The molecule has 0 amide bonds. The van der Waals surface area contributed by atoms with E-state index in [0.717, 1.165) is 5.56 Å². The van der Waals surface area contributed by atoms with Gasteiger partial charge in [-0.05, 0) is 42.7 Å². The van der Waals surface area contributed by atoms with Crippen LogP contribution in [0.5, 0.6) is 23.0 Å². The van der Waals surface area contributed by atoms with E-state index in [-0.39, 0.29) is 12.1 Å². The fourth-order valence-corrected chi connectivity index (χ4v) is 2.56. The number of methoxy groups -OCH3 is 3. The van der Waals surface area contributed by atoms with Crippen LogP contribution in [-0.4, -0.2) is 32.2 Å². The Hall–Kier alpha value is -3.29. The second-order valence-electron chi connectivity index (χ2n) is 5.71. The van der Waals surface area contributed by atoms with Crippen LogP contribution in [-0.2, 0) is 11.2 Å². The van der Waals surface area contributed by atoms with Gasteiger partial charge in [0.1, 0.15) is 5.75 Å². The Labute approximate surface area is 156 Å². The summed E-state index contributed by atoms with van der Waals surface area (Å²) in [6.07, 6.45) is 0.524. The average molecular weight is 375 g/mol. The molecule has 0 spiro atoms. The molecular formula is C19H21NO7. The molecule has 8 nitrogen and oxygen atoms in total. The van der Waals surface area contributed by atoms with Crippen molar-refractivity contribution >= 4 is 11.7 Å². The van der Waals surface area contributed by atoms with Crippen molar-refractivity contribution in [2.24, 2.45) is 0 Å². The van der Waals surface area contributed by atoms with Crippen molar-refractivity contribution in [2.75, 3.05) is 21.3 Å². The fraction of sp³-hybridized carbons (Fsp3) is 0.316. The number of aryl methyl sites for hydroxylation is 2. The third-order valence-electron chi connectivity index (χ3n) is 3.94. The molecule has 0 unspecified atom stereocenters. The molecule has 0 heterocycles. The Balaban J connectivity index is 2.06. The Kier molecular flexibility index (Phi) is 6.59. The number of rotatable bonds is 8. The first kappa shape index (κ1) is 20.0. The van der Waals surface area contributed by atoms with Gasteiger partial charge in [0.05, 0.1) is 26.3 Å². The smallest absolute Gasteiger partial charge is 0.311 e. The minimum atomic E-state index is -0.497. The lowest BCUT2D eigenvalue weighted by Crippen LogP contribution is -2.10. The van der Waals surface area contributed by atoms with Gasteiger partial charge in [-0.3, -0.25) is 14.9 Å². The third kappa shape index (κ3) is 4.87. The largest absolute Gasteiger partial charge is 0.493 e. The van der Waals surface area contributed by atoms with Crippen molar-refractivity contribution in [3.63, 3.8) is 0 Å². The van der Waals surface area contributed by atoms with Gasteiger partial charge in [-0.25, -0.2) is 0 Å². The van der Waals surface area contributed by atoms with Gasteiger partial charge >= 0.3 is 5.97 Å². The Bertz CT molecular complexity index is 823. The molecule has 2 aromatic rings. The Morgan fingerprint density at radius 2 is 1.63 bits per heavy atom. The molecule has 0 aliphatic carbocycles. The van der Waals surface area contributed by atoms with E-state index in [1.807, 2.05) is 0 Å². The molecule has 0 bridgehead atoms. The van der Waals surface area contributed by atoms with Crippen molar-refractivity contribution < 1.29 is 28.7 Å². The molecule has 0 atom stereocenters. The summed E-state index contributed by atoms with van der Waals surface area (Å²) in [5.41, 5.74) is 1.29. The van der Waals surface area contributed by atoms with Crippen LogP contribution in [0.4, 0.5) is 5.69 Å². The molecule has 0 radical (unpaired) electrons. The molecular weight excluding hydrogens is 354 g/mol. The van der Waals surface area contributed by atoms with E-state index in [0.29, 0.717) is 35.0 Å². The number of nitro groups is 1. The van der Waals surface area contributed by atoms with Gasteiger partial charge in [0.15, 0.2) is 11.5 Å². The zero-order valence-corrected chi connectivity index (χ0v) is 15.6. The minimum absolute atomic E-state index is 0.0512. The van der Waals surface area contributed by atoms with E-state index in [1.165, 1.54) is 39.5 Å². The van der Waals surface area contributed by atoms with Crippen LogP contribution in [0.3, 0.4) is 0 Å². The zero-order valence-electron chi connectivity index (χ0n) is 15.6. The van der Waals surface area contributed by atoms with Gasteiger partial charge in [-0.1, -0.05) is 0 Å². The van der Waals surface area contributed by atoms with E-state index in [1.54, 1.807) is 19.1 Å². The second-order valence-corrected chi connectivity index (χ2v) is 5.71. The van der Waals surface area contributed by atoms with Gasteiger partial charge in [-0.2, -0.15) is 0 Å². The van der Waals surface area contributed by atoms with E-state index in [2.05, 4.69) is 0 Å². The van der Waals surface area contributed by atoms with Crippen molar-refractivity contribution in [3.05, 3.63) is 51.6 Å². The van der Waals surface area contributed by atoms with Gasteiger partial charge in [-0.15, -0.1) is 0 Å². The molecule has 0 fully saturated rings. The molecule has 2 rings (SSSR count). The maximum absolute atomic E-state index is 12.1. The molecule has 0 aliphatic rings. The number of hydrogen-bond acceptors (Lipinski definition) is 7. The van der Waals surface area contributed by atoms with Gasteiger partial charge < -0.3 is 18.9 Å². The molecule has 27 heavy (non-hydrogen) atoms.